The highest BCUT2D eigenvalue weighted by Gasteiger charge is 2.47. The van der Waals surface area contributed by atoms with Gasteiger partial charge in [-0.1, -0.05) is 38.1 Å². The van der Waals surface area contributed by atoms with Gasteiger partial charge in [0.2, 0.25) is 12.2 Å². The molecule has 1 heterocycles. The number of carbonyl (C=O) groups is 4. The zero-order valence-electron chi connectivity index (χ0n) is 31.3. The Hall–Kier alpha value is -6.84. The van der Waals surface area contributed by atoms with E-state index in [9.17, 15) is 54.9 Å². The molecular weight excluding hydrogens is 748 g/mol. The Bertz CT molecular complexity index is 2180. The van der Waals surface area contributed by atoms with Crippen LogP contribution in [0, 0.1) is 5.41 Å². The molecular formula is C41H42O16. The molecule has 16 nitrogen and oxygen atoms in total. The number of methoxy groups -OCH3 is 2. The van der Waals surface area contributed by atoms with Gasteiger partial charge in [0, 0.05) is 18.4 Å². The van der Waals surface area contributed by atoms with Crippen LogP contribution in [0.2, 0.25) is 0 Å². The molecule has 1 aliphatic rings. The number of phenolic OH excluding ortho intramolecular Hbond substituents is 7. The highest BCUT2D eigenvalue weighted by molar-refractivity contribution is 5.86. The standard InChI is InChI=1S/C41H42O16/c1-41(2,19-33(49)55-31(38(50)53-3)15-20-5-9-24(42)28(46)13-20)18-23-8-12-27(45)37-34(23)35(36(57-37)22-7-11-26(44)30(48)17-22)40(52)56-32(39(51)54-4)16-21-6-10-25(43)29(47)14-21/h5-14,17,31-32,35-36,42-48H,15-16,18-19H2,1-4H3. The van der Waals surface area contributed by atoms with Crippen LogP contribution in [-0.2, 0) is 57.4 Å². The van der Waals surface area contributed by atoms with Gasteiger partial charge in [-0.25, -0.2) is 9.59 Å². The maximum atomic E-state index is 14.4. The van der Waals surface area contributed by atoms with Gasteiger partial charge in [0.05, 0.1) is 20.6 Å². The van der Waals surface area contributed by atoms with Crippen molar-refractivity contribution in [2.45, 2.75) is 63.8 Å². The third kappa shape index (κ3) is 9.52. The molecule has 4 aromatic carbocycles. The number of phenols is 7. The highest BCUT2D eigenvalue weighted by atomic mass is 16.6. The average molecular weight is 791 g/mol. The molecule has 4 atom stereocenters. The maximum absolute atomic E-state index is 14.4. The molecule has 0 saturated carbocycles. The fraction of sp³-hybridized carbons (Fsp3) is 0.317. The van der Waals surface area contributed by atoms with E-state index < -0.39 is 82.3 Å². The lowest BCUT2D eigenvalue weighted by molar-refractivity contribution is -0.168. The molecule has 0 spiro atoms. The van der Waals surface area contributed by atoms with Crippen LogP contribution in [0.4, 0.5) is 0 Å². The summed E-state index contributed by atoms with van der Waals surface area (Å²) >= 11 is 0. The van der Waals surface area contributed by atoms with Gasteiger partial charge in [-0.05, 0) is 76.6 Å². The average Bonchev–Trinajstić information content (AvgIpc) is 3.57. The highest BCUT2D eigenvalue weighted by Crippen LogP contribution is 2.53. The topological polar surface area (TPSA) is 256 Å². The summed E-state index contributed by atoms with van der Waals surface area (Å²) in [5.41, 5.74) is 0.458. The van der Waals surface area contributed by atoms with Crippen molar-refractivity contribution in [3.8, 4) is 46.0 Å². The Kier molecular flexibility index (Phi) is 12.2. The maximum Gasteiger partial charge on any atom is 0.347 e. The van der Waals surface area contributed by atoms with Gasteiger partial charge in [-0.2, -0.15) is 0 Å². The molecule has 0 amide bonds. The van der Waals surface area contributed by atoms with E-state index in [1.54, 1.807) is 13.8 Å². The van der Waals surface area contributed by atoms with Crippen molar-refractivity contribution in [1.82, 2.24) is 0 Å². The summed E-state index contributed by atoms with van der Waals surface area (Å²) in [6.07, 6.45) is -4.92. The van der Waals surface area contributed by atoms with Gasteiger partial charge in [-0.3, -0.25) is 9.59 Å². The van der Waals surface area contributed by atoms with Crippen LogP contribution in [-0.4, -0.2) is 86.1 Å². The molecule has 302 valence electrons. The Morgan fingerprint density at radius 2 is 1.14 bits per heavy atom. The predicted molar refractivity (Wildman–Crippen MR) is 197 cm³/mol. The quantitative estimate of drug-likeness (QED) is 0.0529. The van der Waals surface area contributed by atoms with E-state index >= 15 is 0 Å². The summed E-state index contributed by atoms with van der Waals surface area (Å²) in [5.74, 6) is -8.19. The monoisotopic (exact) mass is 790 g/mol. The lowest BCUT2D eigenvalue weighted by Crippen LogP contribution is -2.34. The Morgan fingerprint density at radius 3 is 1.65 bits per heavy atom. The first-order chi connectivity index (χ1) is 26.9. The second kappa shape index (κ2) is 16.9. The molecule has 4 aromatic rings. The normalized spacial score (nSPS) is 15.7. The Labute approximate surface area is 326 Å². The number of carbonyl (C=O) groups excluding carboxylic acids is 4. The van der Waals surface area contributed by atoms with Gasteiger partial charge in [0.1, 0.15) is 12.0 Å². The van der Waals surface area contributed by atoms with E-state index in [4.69, 9.17) is 23.7 Å². The van der Waals surface area contributed by atoms with Crippen molar-refractivity contribution < 1.29 is 78.6 Å². The molecule has 0 bridgehead atoms. The van der Waals surface area contributed by atoms with Gasteiger partial charge < -0.3 is 59.4 Å². The van der Waals surface area contributed by atoms with E-state index in [0.29, 0.717) is 16.7 Å². The van der Waals surface area contributed by atoms with Crippen molar-refractivity contribution in [2.75, 3.05) is 14.2 Å². The molecule has 1 aliphatic heterocycles. The van der Waals surface area contributed by atoms with E-state index in [-0.39, 0.29) is 54.1 Å². The van der Waals surface area contributed by atoms with Crippen molar-refractivity contribution in [3.63, 3.8) is 0 Å². The number of hydrogen-bond donors (Lipinski definition) is 7. The number of aromatic hydroxyl groups is 7. The number of benzene rings is 4. The van der Waals surface area contributed by atoms with Crippen LogP contribution in [0.5, 0.6) is 46.0 Å². The Balaban J connectivity index is 1.46. The molecule has 57 heavy (non-hydrogen) atoms. The SMILES string of the molecule is COC(=O)C(Cc1ccc(O)c(O)c1)OC(=O)CC(C)(C)Cc1ccc(O)c2c1C(C(=O)OC(Cc1ccc(O)c(O)c1)C(=O)OC)C(c1ccc(O)c(O)c1)O2. The number of fused-ring (bicyclic) bond motifs is 1. The molecule has 7 N–H and O–H groups in total. The van der Waals surface area contributed by atoms with E-state index in [0.717, 1.165) is 20.3 Å². The van der Waals surface area contributed by atoms with Gasteiger partial charge in [0.15, 0.2) is 46.0 Å². The molecule has 16 heteroatoms. The van der Waals surface area contributed by atoms with E-state index in [2.05, 4.69) is 0 Å². The van der Waals surface area contributed by atoms with Crippen LogP contribution < -0.4 is 4.74 Å². The van der Waals surface area contributed by atoms with Crippen LogP contribution in [0.3, 0.4) is 0 Å². The Morgan fingerprint density at radius 1 is 0.649 bits per heavy atom. The largest absolute Gasteiger partial charge is 0.504 e. The zero-order chi connectivity index (χ0) is 41.8. The smallest absolute Gasteiger partial charge is 0.347 e. The van der Waals surface area contributed by atoms with Gasteiger partial charge >= 0.3 is 23.9 Å². The molecule has 0 aromatic heterocycles. The lowest BCUT2D eigenvalue weighted by atomic mass is 9.78. The fourth-order valence-corrected chi connectivity index (χ4v) is 6.63. The third-order valence-corrected chi connectivity index (χ3v) is 9.38. The number of hydrogen-bond acceptors (Lipinski definition) is 16. The second-order valence-electron chi connectivity index (χ2n) is 14.3. The lowest BCUT2D eigenvalue weighted by Gasteiger charge is -2.27. The second-order valence-corrected chi connectivity index (χ2v) is 14.3. The minimum atomic E-state index is -1.57. The first kappa shape index (κ1) is 41.3. The molecule has 5 rings (SSSR count). The van der Waals surface area contributed by atoms with Crippen molar-refractivity contribution in [2.24, 2.45) is 5.41 Å². The van der Waals surface area contributed by atoms with Crippen LogP contribution >= 0.6 is 0 Å². The van der Waals surface area contributed by atoms with E-state index in [1.807, 2.05) is 0 Å². The zero-order valence-corrected chi connectivity index (χ0v) is 31.3. The molecule has 0 radical (unpaired) electrons. The summed E-state index contributed by atoms with van der Waals surface area (Å²) in [5, 5.41) is 70.7. The van der Waals surface area contributed by atoms with Gasteiger partial charge in [0.25, 0.3) is 0 Å². The van der Waals surface area contributed by atoms with Crippen LogP contribution in [0.15, 0.2) is 66.7 Å². The number of rotatable bonds is 14. The minimum absolute atomic E-state index is 0.0490. The molecule has 0 saturated heterocycles. The number of ether oxygens (including phenoxy) is 5. The summed E-state index contributed by atoms with van der Waals surface area (Å²) in [6, 6.07) is 14.2. The van der Waals surface area contributed by atoms with Crippen molar-refractivity contribution in [1.29, 1.82) is 0 Å². The minimum Gasteiger partial charge on any atom is -0.504 e. The molecule has 0 fully saturated rings. The fourth-order valence-electron chi connectivity index (χ4n) is 6.63. The van der Waals surface area contributed by atoms with Crippen molar-refractivity contribution in [3.05, 3.63) is 94.5 Å². The number of esters is 4. The predicted octanol–water partition coefficient (Wildman–Crippen LogP) is 4.46. The summed E-state index contributed by atoms with van der Waals surface area (Å²) in [4.78, 5) is 53.3. The van der Waals surface area contributed by atoms with E-state index in [1.165, 1.54) is 60.7 Å². The van der Waals surface area contributed by atoms with Crippen LogP contribution in [0.1, 0.15) is 60.1 Å². The summed E-state index contributed by atoms with van der Waals surface area (Å²) in [6.45, 7) is 3.44. The van der Waals surface area contributed by atoms with Gasteiger partial charge in [-0.15, -0.1) is 0 Å². The molecule has 0 aliphatic carbocycles. The first-order valence-corrected chi connectivity index (χ1v) is 17.5. The first-order valence-electron chi connectivity index (χ1n) is 17.5. The summed E-state index contributed by atoms with van der Waals surface area (Å²) in [7, 11) is 2.21. The van der Waals surface area contributed by atoms with Crippen LogP contribution in [0.25, 0.3) is 0 Å². The molecule has 4 unspecified atom stereocenters. The summed E-state index contributed by atoms with van der Waals surface area (Å²) < 4.78 is 27.2. The van der Waals surface area contributed by atoms with Crippen molar-refractivity contribution >= 4 is 23.9 Å². The third-order valence-electron chi connectivity index (χ3n) is 9.38.